The highest BCUT2D eigenvalue weighted by Gasteiger charge is 2.29. The van der Waals surface area contributed by atoms with E-state index < -0.39 is 17.4 Å². The fourth-order valence-corrected chi connectivity index (χ4v) is 4.68. The summed E-state index contributed by atoms with van der Waals surface area (Å²) in [6, 6.07) is 13.5. The van der Waals surface area contributed by atoms with Crippen LogP contribution < -0.4 is 10.6 Å². The molecule has 2 N–H and O–H groups in total. The zero-order valence-corrected chi connectivity index (χ0v) is 21.6. The summed E-state index contributed by atoms with van der Waals surface area (Å²) in [7, 11) is 1.31. The molecular formula is C28H37N3O4. The molecule has 1 heterocycles. The van der Waals surface area contributed by atoms with Gasteiger partial charge in [0.1, 0.15) is 6.04 Å². The fraction of sp³-hybridized carbons (Fsp3) is 0.464. The third-order valence-electron chi connectivity index (χ3n) is 6.18. The number of carbonyl (C=O) groups excluding carboxylic acids is 3. The quantitative estimate of drug-likeness (QED) is 0.388. The fourth-order valence-electron chi connectivity index (χ4n) is 4.68. The second-order valence-corrected chi connectivity index (χ2v) is 10.3. The maximum atomic E-state index is 12.9. The predicted molar refractivity (Wildman–Crippen MR) is 140 cm³/mol. The first-order valence-electron chi connectivity index (χ1n) is 12.2. The van der Waals surface area contributed by atoms with Crippen LogP contribution in [-0.4, -0.2) is 35.5 Å². The van der Waals surface area contributed by atoms with Crippen LogP contribution >= 0.6 is 0 Å². The lowest BCUT2D eigenvalue weighted by Gasteiger charge is -2.25. The molecule has 1 aromatic heterocycles. The van der Waals surface area contributed by atoms with Crippen molar-refractivity contribution in [1.82, 2.24) is 9.88 Å². The SMILES string of the molecule is CCn1c2ccccc2c2cc(NC(=O)CC(C)(C)CC(=O)NC(CC(C)C)C(=O)OC)ccc21. The molecule has 0 bridgehead atoms. The first-order chi connectivity index (χ1) is 16.5. The van der Waals surface area contributed by atoms with E-state index >= 15 is 0 Å². The topological polar surface area (TPSA) is 89.4 Å². The van der Waals surface area contributed by atoms with Crippen LogP contribution in [0.1, 0.15) is 53.9 Å². The van der Waals surface area contributed by atoms with Crippen molar-refractivity contribution in [1.29, 1.82) is 0 Å². The van der Waals surface area contributed by atoms with E-state index in [1.54, 1.807) is 0 Å². The lowest BCUT2D eigenvalue weighted by atomic mass is 9.84. The van der Waals surface area contributed by atoms with E-state index in [0.717, 1.165) is 28.5 Å². The number of carbonyl (C=O) groups is 3. The molecule has 188 valence electrons. The number of para-hydroxylation sites is 1. The van der Waals surface area contributed by atoms with Crippen molar-refractivity contribution in [2.24, 2.45) is 11.3 Å². The Morgan fingerprint density at radius 2 is 1.63 bits per heavy atom. The number of amides is 2. The van der Waals surface area contributed by atoms with Crippen LogP contribution in [0.25, 0.3) is 21.8 Å². The first kappa shape index (κ1) is 26.3. The third kappa shape index (κ3) is 6.41. The molecule has 0 saturated heterocycles. The number of benzene rings is 2. The van der Waals surface area contributed by atoms with Crippen molar-refractivity contribution in [2.75, 3.05) is 12.4 Å². The average Bonchev–Trinajstić information content (AvgIpc) is 3.09. The maximum Gasteiger partial charge on any atom is 0.328 e. The summed E-state index contributed by atoms with van der Waals surface area (Å²) in [5, 5.41) is 8.02. The second kappa shape index (κ2) is 10.9. The Morgan fingerprint density at radius 1 is 0.971 bits per heavy atom. The number of anilines is 1. The number of ether oxygens (including phenoxy) is 1. The Balaban J connectivity index is 1.67. The highest BCUT2D eigenvalue weighted by Crippen LogP contribution is 2.32. The molecule has 7 nitrogen and oxygen atoms in total. The summed E-state index contributed by atoms with van der Waals surface area (Å²) in [6.45, 7) is 10.7. The monoisotopic (exact) mass is 479 g/mol. The molecule has 0 aliphatic carbocycles. The summed E-state index contributed by atoms with van der Waals surface area (Å²) in [5.41, 5.74) is 2.44. The van der Waals surface area contributed by atoms with Gasteiger partial charge < -0.3 is 19.9 Å². The maximum absolute atomic E-state index is 12.9. The Kier molecular flexibility index (Phi) is 8.20. The molecule has 3 rings (SSSR count). The van der Waals surface area contributed by atoms with Gasteiger partial charge in [-0.25, -0.2) is 4.79 Å². The van der Waals surface area contributed by atoms with Crippen LogP contribution in [0.15, 0.2) is 42.5 Å². The molecule has 35 heavy (non-hydrogen) atoms. The van der Waals surface area contributed by atoms with Crippen molar-refractivity contribution in [3.05, 3.63) is 42.5 Å². The van der Waals surface area contributed by atoms with E-state index in [4.69, 9.17) is 4.74 Å². The number of hydrogen-bond donors (Lipinski definition) is 2. The number of rotatable bonds is 10. The molecule has 1 atom stereocenters. The zero-order valence-electron chi connectivity index (χ0n) is 21.6. The summed E-state index contributed by atoms with van der Waals surface area (Å²) in [6.07, 6.45) is 0.785. The number of fused-ring (bicyclic) bond motifs is 3. The van der Waals surface area contributed by atoms with Gasteiger partial charge in [-0.05, 0) is 48.9 Å². The molecule has 3 aromatic rings. The van der Waals surface area contributed by atoms with E-state index in [-0.39, 0.29) is 30.6 Å². The van der Waals surface area contributed by atoms with E-state index in [1.807, 2.05) is 58.0 Å². The number of nitrogens with one attached hydrogen (secondary N) is 2. The van der Waals surface area contributed by atoms with Crippen molar-refractivity contribution >= 4 is 45.3 Å². The minimum absolute atomic E-state index is 0.120. The summed E-state index contributed by atoms with van der Waals surface area (Å²) in [4.78, 5) is 37.6. The number of aromatic nitrogens is 1. The number of methoxy groups -OCH3 is 1. The molecule has 0 spiro atoms. The van der Waals surface area contributed by atoms with Crippen LogP contribution in [0.2, 0.25) is 0 Å². The van der Waals surface area contributed by atoms with Gasteiger partial charge in [0.25, 0.3) is 0 Å². The number of esters is 1. The van der Waals surface area contributed by atoms with Crippen LogP contribution in [0.3, 0.4) is 0 Å². The summed E-state index contributed by atoms with van der Waals surface area (Å²) in [5.74, 6) is -0.662. The van der Waals surface area contributed by atoms with Gasteiger partial charge in [0.2, 0.25) is 11.8 Å². The Morgan fingerprint density at radius 3 is 2.29 bits per heavy atom. The molecule has 2 aromatic carbocycles. The molecule has 1 unspecified atom stereocenters. The Bertz CT molecular complexity index is 1230. The van der Waals surface area contributed by atoms with E-state index in [0.29, 0.717) is 6.42 Å². The molecule has 7 heteroatoms. The lowest BCUT2D eigenvalue weighted by Crippen LogP contribution is -2.43. The largest absolute Gasteiger partial charge is 0.467 e. The smallest absolute Gasteiger partial charge is 0.328 e. The van der Waals surface area contributed by atoms with Crippen LogP contribution in [-0.2, 0) is 25.7 Å². The average molecular weight is 480 g/mol. The van der Waals surface area contributed by atoms with Crippen molar-refractivity contribution < 1.29 is 19.1 Å². The van der Waals surface area contributed by atoms with Gasteiger partial charge >= 0.3 is 5.97 Å². The minimum atomic E-state index is -0.686. The molecule has 0 radical (unpaired) electrons. The van der Waals surface area contributed by atoms with Gasteiger partial charge in [0.15, 0.2) is 0 Å². The van der Waals surface area contributed by atoms with E-state index in [2.05, 4.69) is 34.3 Å². The minimum Gasteiger partial charge on any atom is -0.467 e. The van der Waals surface area contributed by atoms with Gasteiger partial charge in [-0.1, -0.05) is 45.9 Å². The van der Waals surface area contributed by atoms with Crippen LogP contribution in [0.4, 0.5) is 5.69 Å². The second-order valence-electron chi connectivity index (χ2n) is 10.3. The highest BCUT2D eigenvalue weighted by molar-refractivity contribution is 6.09. The lowest BCUT2D eigenvalue weighted by molar-refractivity contribution is -0.145. The molecule has 0 fully saturated rings. The van der Waals surface area contributed by atoms with Crippen molar-refractivity contribution in [3.63, 3.8) is 0 Å². The number of nitrogens with zero attached hydrogens (tertiary/aromatic N) is 1. The van der Waals surface area contributed by atoms with Gasteiger partial charge in [0.05, 0.1) is 7.11 Å². The van der Waals surface area contributed by atoms with E-state index in [9.17, 15) is 14.4 Å². The zero-order chi connectivity index (χ0) is 25.8. The molecular weight excluding hydrogens is 442 g/mol. The van der Waals surface area contributed by atoms with Crippen molar-refractivity contribution in [3.8, 4) is 0 Å². The van der Waals surface area contributed by atoms with Gasteiger partial charge in [-0.15, -0.1) is 0 Å². The molecule has 0 saturated carbocycles. The standard InChI is InChI=1S/C28H37N3O4/c1-7-31-23-11-9-8-10-20(23)21-15-19(12-13-24(21)31)29-25(32)16-28(4,5)17-26(33)30-22(14-18(2)3)27(34)35-6/h8-13,15,18,22H,7,14,16-17H2,1-6H3,(H,29,32)(H,30,33). The van der Waals surface area contributed by atoms with Crippen molar-refractivity contribution in [2.45, 2.75) is 66.5 Å². The summed E-state index contributed by atoms with van der Waals surface area (Å²) < 4.78 is 7.08. The third-order valence-corrected chi connectivity index (χ3v) is 6.18. The first-order valence-corrected chi connectivity index (χ1v) is 12.2. The summed E-state index contributed by atoms with van der Waals surface area (Å²) >= 11 is 0. The Labute approximate surface area is 207 Å². The van der Waals surface area contributed by atoms with Gasteiger partial charge in [-0.2, -0.15) is 0 Å². The molecule has 0 aliphatic rings. The number of aryl methyl sites for hydroxylation is 1. The van der Waals surface area contributed by atoms with Gasteiger partial charge in [-0.3, -0.25) is 9.59 Å². The Hall–Kier alpha value is -3.35. The van der Waals surface area contributed by atoms with Crippen LogP contribution in [0, 0.1) is 11.3 Å². The normalized spacial score (nSPS) is 12.7. The predicted octanol–water partition coefficient (Wildman–Crippen LogP) is 5.26. The number of hydrogen-bond acceptors (Lipinski definition) is 4. The van der Waals surface area contributed by atoms with E-state index in [1.165, 1.54) is 12.6 Å². The molecule has 2 amide bonds. The van der Waals surface area contributed by atoms with Crippen LogP contribution in [0.5, 0.6) is 0 Å². The molecule has 0 aliphatic heterocycles. The van der Waals surface area contributed by atoms with Gasteiger partial charge in [0, 0.05) is 46.9 Å². The highest BCUT2D eigenvalue weighted by atomic mass is 16.5.